The Morgan fingerprint density at radius 3 is 2.44 bits per heavy atom. The summed E-state index contributed by atoms with van der Waals surface area (Å²) in [6, 6.07) is 8.93. The predicted octanol–water partition coefficient (Wildman–Crippen LogP) is 4.35. The van der Waals surface area contributed by atoms with Crippen LogP contribution in [0.5, 0.6) is 0 Å². The van der Waals surface area contributed by atoms with E-state index >= 15 is 0 Å². The molecule has 0 aromatic heterocycles. The van der Waals surface area contributed by atoms with Gasteiger partial charge in [0.05, 0.1) is 0 Å². The molecule has 1 unspecified atom stereocenters. The molecule has 0 saturated heterocycles. The maximum atomic E-state index is 5.89. The van der Waals surface area contributed by atoms with Crippen molar-refractivity contribution in [1.29, 1.82) is 0 Å². The Morgan fingerprint density at radius 2 is 1.94 bits per heavy atom. The van der Waals surface area contributed by atoms with E-state index < -0.39 is 0 Å². The van der Waals surface area contributed by atoms with Crippen LogP contribution in [-0.2, 0) is 0 Å². The van der Waals surface area contributed by atoms with E-state index in [9.17, 15) is 0 Å². The number of halogens is 1. The first-order valence-corrected chi connectivity index (χ1v) is 6.13. The molecular weight excluding hydrogens is 218 g/mol. The van der Waals surface area contributed by atoms with Crippen molar-refractivity contribution in [1.82, 2.24) is 5.32 Å². The minimum atomic E-state index is 0.385. The molecule has 1 N–H and O–H groups in total. The Hall–Kier alpha value is -0.790. The smallest absolute Gasteiger partial charge is 0.0406 e. The summed E-state index contributed by atoms with van der Waals surface area (Å²) in [4.78, 5) is 0. The topological polar surface area (TPSA) is 12.0 Å². The Morgan fingerprint density at radius 1 is 1.31 bits per heavy atom. The van der Waals surface area contributed by atoms with Gasteiger partial charge in [0.2, 0.25) is 0 Å². The van der Waals surface area contributed by atoms with Crippen LogP contribution in [0.25, 0.3) is 0 Å². The fourth-order valence-corrected chi connectivity index (χ4v) is 1.85. The van der Waals surface area contributed by atoms with Crippen molar-refractivity contribution in [2.24, 2.45) is 0 Å². The number of benzene rings is 1. The van der Waals surface area contributed by atoms with Gasteiger partial charge in [0, 0.05) is 17.1 Å². The highest BCUT2D eigenvalue weighted by Crippen LogP contribution is 2.21. The van der Waals surface area contributed by atoms with Gasteiger partial charge in [-0.3, -0.25) is 0 Å². The van der Waals surface area contributed by atoms with Crippen LogP contribution in [0.15, 0.2) is 36.9 Å². The normalized spacial score (nSPS) is 12.8. The van der Waals surface area contributed by atoms with Gasteiger partial charge in [-0.15, -0.1) is 6.58 Å². The van der Waals surface area contributed by atoms with Crippen molar-refractivity contribution in [2.75, 3.05) is 0 Å². The molecule has 0 bridgehead atoms. The van der Waals surface area contributed by atoms with Gasteiger partial charge in [0.25, 0.3) is 0 Å². The van der Waals surface area contributed by atoms with Crippen molar-refractivity contribution in [2.45, 2.75) is 38.8 Å². The summed E-state index contributed by atoms with van der Waals surface area (Å²) >= 11 is 5.89. The summed E-state index contributed by atoms with van der Waals surface area (Å²) in [5.41, 5.74) is 1.29. The zero-order valence-corrected chi connectivity index (χ0v) is 10.8. The molecule has 1 rings (SSSR count). The first kappa shape index (κ1) is 13.3. The van der Waals surface area contributed by atoms with E-state index in [-0.39, 0.29) is 0 Å². The lowest BCUT2D eigenvalue weighted by Gasteiger charge is -2.21. The lowest BCUT2D eigenvalue weighted by Crippen LogP contribution is -2.28. The van der Waals surface area contributed by atoms with E-state index in [2.05, 4.69) is 37.9 Å². The third-order valence-corrected chi connectivity index (χ3v) is 2.72. The molecule has 16 heavy (non-hydrogen) atoms. The fourth-order valence-electron chi connectivity index (χ4n) is 1.73. The highest BCUT2D eigenvalue weighted by atomic mass is 35.5. The SMILES string of the molecule is C=CCCC(NC(C)C)c1ccc(Cl)cc1. The molecule has 1 nitrogen and oxygen atoms in total. The van der Waals surface area contributed by atoms with Crippen molar-refractivity contribution >= 4 is 11.6 Å². The molecule has 2 heteroatoms. The number of nitrogens with one attached hydrogen (secondary N) is 1. The lowest BCUT2D eigenvalue weighted by molar-refractivity contribution is 0.455. The molecule has 1 aromatic carbocycles. The molecule has 0 heterocycles. The summed E-state index contributed by atoms with van der Waals surface area (Å²) in [6.07, 6.45) is 4.06. The maximum absolute atomic E-state index is 5.89. The van der Waals surface area contributed by atoms with Crippen LogP contribution in [-0.4, -0.2) is 6.04 Å². The third-order valence-electron chi connectivity index (χ3n) is 2.47. The van der Waals surface area contributed by atoms with E-state index in [0.717, 1.165) is 17.9 Å². The van der Waals surface area contributed by atoms with E-state index in [1.807, 2.05) is 18.2 Å². The second-order valence-corrected chi connectivity index (χ2v) is 4.73. The molecule has 88 valence electrons. The van der Waals surface area contributed by atoms with Gasteiger partial charge in [-0.2, -0.15) is 0 Å². The number of allylic oxidation sites excluding steroid dienone is 1. The number of hydrogen-bond donors (Lipinski definition) is 1. The molecule has 0 aliphatic heterocycles. The van der Waals surface area contributed by atoms with Gasteiger partial charge in [0.15, 0.2) is 0 Å². The first-order valence-electron chi connectivity index (χ1n) is 5.76. The van der Waals surface area contributed by atoms with Crippen LogP contribution in [0.1, 0.15) is 38.3 Å². The number of rotatable bonds is 6. The molecule has 0 saturated carbocycles. The van der Waals surface area contributed by atoms with Crippen molar-refractivity contribution in [3.05, 3.63) is 47.5 Å². The summed E-state index contributed by atoms with van der Waals surface area (Å²) in [7, 11) is 0. The van der Waals surface area contributed by atoms with Crippen LogP contribution in [0.3, 0.4) is 0 Å². The maximum Gasteiger partial charge on any atom is 0.0406 e. The van der Waals surface area contributed by atoms with Gasteiger partial charge in [0.1, 0.15) is 0 Å². The Labute approximate surface area is 104 Å². The Bertz CT molecular complexity index is 316. The van der Waals surface area contributed by atoms with Crippen LogP contribution in [0.2, 0.25) is 5.02 Å². The molecule has 0 amide bonds. The fraction of sp³-hybridized carbons (Fsp3) is 0.429. The average Bonchev–Trinajstić information content (AvgIpc) is 2.25. The van der Waals surface area contributed by atoms with Crippen LogP contribution in [0, 0.1) is 0 Å². The monoisotopic (exact) mass is 237 g/mol. The second kappa shape index (κ2) is 6.72. The van der Waals surface area contributed by atoms with Crippen molar-refractivity contribution < 1.29 is 0 Å². The Balaban J connectivity index is 2.73. The Kier molecular flexibility index (Phi) is 5.58. The van der Waals surface area contributed by atoms with Gasteiger partial charge in [-0.05, 0) is 30.5 Å². The third kappa shape index (κ3) is 4.38. The summed E-state index contributed by atoms with van der Waals surface area (Å²) in [5, 5.41) is 4.35. The molecule has 1 aromatic rings. The molecule has 0 aliphatic rings. The largest absolute Gasteiger partial charge is 0.308 e. The molecule has 0 spiro atoms. The summed E-state index contributed by atoms with van der Waals surface area (Å²) in [6.45, 7) is 8.10. The minimum Gasteiger partial charge on any atom is -0.308 e. The van der Waals surface area contributed by atoms with Gasteiger partial charge in [-0.25, -0.2) is 0 Å². The van der Waals surface area contributed by atoms with Crippen LogP contribution >= 0.6 is 11.6 Å². The van der Waals surface area contributed by atoms with E-state index in [0.29, 0.717) is 12.1 Å². The van der Waals surface area contributed by atoms with Crippen molar-refractivity contribution in [3.63, 3.8) is 0 Å². The van der Waals surface area contributed by atoms with Gasteiger partial charge >= 0.3 is 0 Å². The zero-order valence-electron chi connectivity index (χ0n) is 10.0. The van der Waals surface area contributed by atoms with Crippen molar-refractivity contribution in [3.8, 4) is 0 Å². The highest BCUT2D eigenvalue weighted by molar-refractivity contribution is 6.30. The first-order chi connectivity index (χ1) is 7.63. The standard InChI is InChI=1S/C14H20ClN/c1-4-5-6-14(16-11(2)3)12-7-9-13(15)10-8-12/h4,7-11,14,16H,1,5-6H2,2-3H3. The van der Waals surface area contributed by atoms with Crippen LogP contribution in [0.4, 0.5) is 0 Å². The van der Waals surface area contributed by atoms with E-state index in [1.54, 1.807) is 0 Å². The van der Waals surface area contributed by atoms with E-state index in [4.69, 9.17) is 11.6 Å². The van der Waals surface area contributed by atoms with Gasteiger partial charge < -0.3 is 5.32 Å². The number of hydrogen-bond acceptors (Lipinski definition) is 1. The lowest BCUT2D eigenvalue weighted by atomic mass is 10.0. The van der Waals surface area contributed by atoms with Gasteiger partial charge in [-0.1, -0.05) is 43.7 Å². The molecule has 0 fully saturated rings. The predicted molar refractivity (Wildman–Crippen MR) is 71.9 cm³/mol. The molecular formula is C14H20ClN. The minimum absolute atomic E-state index is 0.385. The zero-order chi connectivity index (χ0) is 12.0. The van der Waals surface area contributed by atoms with Crippen LogP contribution < -0.4 is 5.32 Å². The molecule has 0 aliphatic carbocycles. The summed E-state index contributed by atoms with van der Waals surface area (Å²) < 4.78 is 0. The summed E-state index contributed by atoms with van der Waals surface area (Å²) in [5.74, 6) is 0. The molecule has 0 radical (unpaired) electrons. The quantitative estimate of drug-likeness (QED) is 0.726. The second-order valence-electron chi connectivity index (χ2n) is 4.29. The average molecular weight is 238 g/mol. The molecule has 1 atom stereocenters. The highest BCUT2D eigenvalue weighted by Gasteiger charge is 2.11. The van der Waals surface area contributed by atoms with E-state index in [1.165, 1.54) is 5.56 Å².